The topological polar surface area (TPSA) is 67.6 Å². The zero-order chi connectivity index (χ0) is 15.3. The summed E-state index contributed by atoms with van der Waals surface area (Å²) in [5, 5.41) is 7.03. The van der Waals surface area contributed by atoms with Gasteiger partial charge in [-0.1, -0.05) is 5.16 Å². The van der Waals surface area contributed by atoms with E-state index in [0.29, 0.717) is 12.5 Å². The Morgan fingerprint density at radius 1 is 1.57 bits per heavy atom. The van der Waals surface area contributed by atoms with Crippen LogP contribution in [0.25, 0.3) is 0 Å². The lowest BCUT2D eigenvalue weighted by molar-refractivity contribution is 0.0166. The second-order valence-electron chi connectivity index (χ2n) is 6.54. The Morgan fingerprint density at radius 2 is 2.38 bits per heavy atom. The molecule has 1 amide bonds. The van der Waals surface area contributed by atoms with Crippen LogP contribution in [0.2, 0.25) is 0 Å². The summed E-state index contributed by atoms with van der Waals surface area (Å²) in [4.78, 5) is 13.9. The fourth-order valence-electron chi connectivity index (χ4n) is 2.46. The molecule has 1 aromatic rings. The normalized spacial score (nSPS) is 19.6. The molecule has 0 bridgehead atoms. The van der Waals surface area contributed by atoms with Crippen molar-refractivity contribution in [1.29, 1.82) is 0 Å². The number of rotatable bonds is 4. The molecule has 6 nitrogen and oxygen atoms in total. The van der Waals surface area contributed by atoms with Gasteiger partial charge in [0.1, 0.15) is 11.4 Å². The lowest BCUT2D eigenvalue weighted by Crippen LogP contribution is -2.44. The number of likely N-dealkylation sites (tertiary alicyclic amines) is 1. The monoisotopic (exact) mass is 295 g/mol. The van der Waals surface area contributed by atoms with E-state index in [2.05, 4.69) is 10.5 Å². The molecule has 21 heavy (non-hydrogen) atoms. The van der Waals surface area contributed by atoms with Crippen LogP contribution in [-0.2, 0) is 11.3 Å². The molecule has 1 atom stereocenters. The van der Waals surface area contributed by atoms with Crippen molar-refractivity contribution >= 4 is 6.09 Å². The van der Waals surface area contributed by atoms with Crippen molar-refractivity contribution in [2.45, 2.75) is 45.8 Å². The number of nitrogens with one attached hydrogen (secondary N) is 1. The average molecular weight is 295 g/mol. The molecule has 0 saturated carbocycles. The number of amides is 1. The van der Waals surface area contributed by atoms with Gasteiger partial charge in [0.25, 0.3) is 0 Å². The molecule has 0 aromatic carbocycles. The molecule has 6 heteroatoms. The number of aromatic nitrogens is 1. The maximum atomic E-state index is 12.1. The molecule has 1 aliphatic rings. The third-order valence-corrected chi connectivity index (χ3v) is 3.39. The van der Waals surface area contributed by atoms with E-state index in [9.17, 15) is 4.79 Å². The van der Waals surface area contributed by atoms with Gasteiger partial charge in [-0.3, -0.25) is 0 Å². The van der Waals surface area contributed by atoms with Crippen LogP contribution >= 0.6 is 0 Å². The number of nitrogens with zero attached hydrogens (tertiary/aromatic N) is 2. The summed E-state index contributed by atoms with van der Waals surface area (Å²) in [6, 6.07) is 1.85. The van der Waals surface area contributed by atoms with E-state index in [-0.39, 0.29) is 6.09 Å². The summed E-state index contributed by atoms with van der Waals surface area (Å²) in [7, 11) is 0. The second-order valence-corrected chi connectivity index (χ2v) is 6.54. The van der Waals surface area contributed by atoms with Gasteiger partial charge in [-0.2, -0.15) is 0 Å². The van der Waals surface area contributed by atoms with Gasteiger partial charge in [0, 0.05) is 25.7 Å². The first kappa shape index (κ1) is 15.8. The van der Waals surface area contributed by atoms with Gasteiger partial charge in [0.15, 0.2) is 0 Å². The zero-order valence-corrected chi connectivity index (χ0v) is 13.1. The SMILES string of the molecule is CC(C)(C)OC(=O)N1CCCC(CNCc2ccno2)C1. The maximum Gasteiger partial charge on any atom is 0.410 e. The van der Waals surface area contributed by atoms with Crippen molar-refractivity contribution in [1.82, 2.24) is 15.4 Å². The van der Waals surface area contributed by atoms with Gasteiger partial charge < -0.3 is 19.5 Å². The van der Waals surface area contributed by atoms with Gasteiger partial charge in [-0.15, -0.1) is 0 Å². The molecular weight excluding hydrogens is 270 g/mol. The predicted molar refractivity (Wildman–Crippen MR) is 78.7 cm³/mol. The summed E-state index contributed by atoms with van der Waals surface area (Å²) in [6.07, 6.45) is 3.58. The van der Waals surface area contributed by atoms with E-state index >= 15 is 0 Å². The van der Waals surface area contributed by atoms with Crippen molar-refractivity contribution in [2.75, 3.05) is 19.6 Å². The molecule has 0 radical (unpaired) electrons. The van der Waals surface area contributed by atoms with E-state index in [0.717, 1.165) is 38.2 Å². The molecule has 1 aromatic heterocycles. The molecule has 1 N–H and O–H groups in total. The summed E-state index contributed by atoms with van der Waals surface area (Å²) < 4.78 is 10.5. The Labute approximate surface area is 125 Å². The number of ether oxygens (including phenoxy) is 1. The fourth-order valence-corrected chi connectivity index (χ4v) is 2.46. The highest BCUT2D eigenvalue weighted by atomic mass is 16.6. The number of carbonyl (C=O) groups excluding carboxylic acids is 1. The second kappa shape index (κ2) is 6.93. The molecule has 2 heterocycles. The third kappa shape index (κ3) is 5.38. The Morgan fingerprint density at radius 3 is 3.05 bits per heavy atom. The first-order valence-corrected chi connectivity index (χ1v) is 7.52. The third-order valence-electron chi connectivity index (χ3n) is 3.39. The molecule has 118 valence electrons. The Kier molecular flexibility index (Phi) is 5.22. The van der Waals surface area contributed by atoms with E-state index in [1.165, 1.54) is 0 Å². The Hall–Kier alpha value is -1.56. The first-order chi connectivity index (χ1) is 9.94. The minimum absolute atomic E-state index is 0.206. The highest BCUT2D eigenvalue weighted by molar-refractivity contribution is 5.68. The summed E-state index contributed by atoms with van der Waals surface area (Å²) in [6.45, 7) is 8.75. The number of hydrogen-bond donors (Lipinski definition) is 1. The lowest BCUT2D eigenvalue weighted by Gasteiger charge is -2.34. The minimum atomic E-state index is -0.436. The molecule has 1 fully saturated rings. The van der Waals surface area contributed by atoms with E-state index < -0.39 is 5.60 Å². The molecule has 0 aliphatic carbocycles. The maximum absolute atomic E-state index is 12.1. The highest BCUT2D eigenvalue weighted by Crippen LogP contribution is 2.19. The van der Waals surface area contributed by atoms with Gasteiger partial charge in [0.2, 0.25) is 0 Å². The lowest BCUT2D eigenvalue weighted by atomic mass is 9.98. The van der Waals surface area contributed by atoms with Crippen molar-refractivity contribution in [3.05, 3.63) is 18.0 Å². The van der Waals surface area contributed by atoms with Crippen molar-refractivity contribution in [3.63, 3.8) is 0 Å². The average Bonchev–Trinajstić information content (AvgIpc) is 2.90. The standard InChI is InChI=1S/C15H25N3O3/c1-15(2,3)20-14(19)18-8-4-5-12(11-18)9-16-10-13-6-7-17-21-13/h6-7,12,16H,4-5,8-11H2,1-3H3. The summed E-state index contributed by atoms with van der Waals surface area (Å²) in [5.74, 6) is 1.28. The van der Waals surface area contributed by atoms with E-state index in [4.69, 9.17) is 9.26 Å². The fraction of sp³-hybridized carbons (Fsp3) is 0.733. The molecule has 1 aliphatic heterocycles. The van der Waals surface area contributed by atoms with Gasteiger partial charge in [-0.25, -0.2) is 4.79 Å². The molecule has 0 spiro atoms. The Bertz CT molecular complexity index is 440. The highest BCUT2D eigenvalue weighted by Gasteiger charge is 2.27. The van der Waals surface area contributed by atoms with Gasteiger partial charge >= 0.3 is 6.09 Å². The van der Waals surface area contributed by atoms with E-state index in [1.54, 1.807) is 6.20 Å². The van der Waals surface area contributed by atoms with Crippen LogP contribution in [0.1, 0.15) is 39.4 Å². The van der Waals surface area contributed by atoms with Crippen LogP contribution < -0.4 is 5.32 Å². The van der Waals surface area contributed by atoms with E-state index in [1.807, 2.05) is 31.7 Å². The van der Waals surface area contributed by atoms with Crippen LogP contribution in [-0.4, -0.2) is 41.4 Å². The van der Waals surface area contributed by atoms with Crippen molar-refractivity contribution < 1.29 is 14.1 Å². The summed E-state index contributed by atoms with van der Waals surface area (Å²) in [5.41, 5.74) is -0.436. The number of hydrogen-bond acceptors (Lipinski definition) is 5. The van der Waals surface area contributed by atoms with Crippen LogP contribution in [0.3, 0.4) is 0 Å². The molecule has 1 saturated heterocycles. The van der Waals surface area contributed by atoms with Crippen LogP contribution in [0.4, 0.5) is 4.79 Å². The largest absolute Gasteiger partial charge is 0.444 e. The van der Waals surface area contributed by atoms with Crippen LogP contribution in [0.5, 0.6) is 0 Å². The molecule has 1 unspecified atom stereocenters. The van der Waals surface area contributed by atoms with Crippen molar-refractivity contribution in [2.24, 2.45) is 5.92 Å². The minimum Gasteiger partial charge on any atom is -0.444 e. The summed E-state index contributed by atoms with van der Waals surface area (Å²) >= 11 is 0. The first-order valence-electron chi connectivity index (χ1n) is 7.52. The van der Waals surface area contributed by atoms with Crippen LogP contribution in [0, 0.1) is 5.92 Å². The zero-order valence-electron chi connectivity index (χ0n) is 13.1. The van der Waals surface area contributed by atoms with Crippen molar-refractivity contribution in [3.8, 4) is 0 Å². The van der Waals surface area contributed by atoms with Gasteiger partial charge in [-0.05, 0) is 39.5 Å². The van der Waals surface area contributed by atoms with Gasteiger partial charge in [0.05, 0.1) is 12.7 Å². The smallest absolute Gasteiger partial charge is 0.410 e. The molecular formula is C15H25N3O3. The Balaban J connectivity index is 1.74. The molecule has 2 rings (SSSR count). The number of carbonyl (C=O) groups is 1. The van der Waals surface area contributed by atoms with Crippen LogP contribution in [0.15, 0.2) is 16.8 Å². The predicted octanol–water partition coefficient (Wildman–Crippen LogP) is 2.41. The number of piperidine rings is 1. The quantitative estimate of drug-likeness (QED) is 0.924.